The Hall–Kier alpha value is -2.88. The van der Waals surface area contributed by atoms with E-state index in [1.54, 1.807) is 39.0 Å². The third-order valence-corrected chi connectivity index (χ3v) is 6.03. The van der Waals surface area contributed by atoms with Gasteiger partial charge in [-0.05, 0) is 71.9 Å². The lowest BCUT2D eigenvalue weighted by atomic mass is 10.0. The van der Waals surface area contributed by atoms with Gasteiger partial charge in [-0.2, -0.15) is 0 Å². The number of nitrogens with one attached hydrogen (secondary N) is 2. The first-order valence-corrected chi connectivity index (χ1v) is 12.8. The van der Waals surface area contributed by atoms with Gasteiger partial charge in [-0.3, -0.25) is 9.79 Å². The molecular formula is C24H38N4O5S. The lowest BCUT2D eigenvalue weighted by molar-refractivity contribution is -0.121. The maximum absolute atomic E-state index is 12.7. The highest BCUT2D eigenvalue weighted by molar-refractivity contribution is 7.90. The minimum absolute atomic E-state index is 0.0833. The van der Waals surface area contributed by atoms with E-state index in [1.807, 2.05) is 6.92 Å². The number of aryl methyl sites for hydroxylation is 1. The number of benzene rings is 1. The van der Waals surface area contributed by atoms with E-state index in [-0.39, 0.29) is 23.2 Å². The third-order valence-electron chi connectivity index (χ3n) is 4.66. The minimum atomic E-state index is -3.83. The smallest absolute Gasteiger partial charge is 0.408 e. The summed E-state index contributed by atoms with van der Waals surface area (Å²) in [4.78, 5) is 29.0. The predicted octanol–water partition coefficient (Wildman–Crippen LogP) is 3.58. The van der Waals surface area contributed by atoms with Gasteiger partial charge >= 0.3 is 6.09 Å². The SMILES string of the molecule is C=CCCCCC(=O)C(CCCN=C(N)NS(=O)(=O)c1ccc(C)cc1)NC(=O)OC(C)(C)C. The van der Waals surface area contributed by atoms with Crippen LogP contribution >= 0.6 is 0 Å². The van der Waals surface area contributed by atoms with Crippen molar-refractivity contribution in [1.82, 2.24) is 10.0 Å². The van der Waals surface area contributed by atoms with E-state index >= 15 is 0 Å². The molecular weight excluding hydrogens is 456 g/mol. The minimum Gasteiger partial charge on any atom is -0.444 e. The van der Waals surface area contributed by atoms with Crippen LogP contribution in [0.3, 0.4) is 0 Å². The van der Waals surface area contributed by atoms with Crippen LogP contribution in [0, 0.1) is 6.92 Å². The van der Waals surface area contributed by atoms with Gasteiger partial charge in [0.2, 0.25) is 5.96 Å². The molecule has 0 spiro atoms. The summed E-state index contributed by atoms with van der Waals surface area (Å²) in [6.45, 7) is 10.9. The monoisotopic (exact) mass is 494 g/mol. The van der Waals surface area contributed by atoms with Gasteiger partial charge < -0.3 is 15.8 Å². The maximum Gasteiger partial charge on any atom is 0.408 e. The molecule has 0 radical (unpaired) electrons. The molecule has 0 bridgehead atoms. The number of carbonyl (C=O) groups excluding carboxylic acids is 2. The molecule has 1 rings (SSSR count). The van der Waals surface area contributed by atoms with E-state index in [1.165, 1.54) is 12.1 Å². The predicted molar refractivity (Wildman–Crippen MR) is 134 cm³/mol. The molecule has 0 fully saturated rings. The largest absolute Gasteiger partial charge is 0.444 e. The molecule has 1 atom stereocenters. The maximum atomic E-state index is 12.7. The lowest BCUT2D eigenvalue weighted by Gasteiger charge is -2.23. The highest BCUT2D eigenvalue weighted by Gasteiger charge is 2.23. The number of nitrogens with zero attached hydrogens (tertiary/aromatic N) is 1. The van der Waals surface area contributed by atoms with E-state index in [9.17, 15) is 18.0 Å². The van der Waals surface area contributed by atoms with Gasteiger partial charge in [-0.1, -0.05) is 23.8 Å². The Balaban J connectivity index is 2.68. The number of alkyl carbamates (subject to hydrolysis) is 1. The number of sulfonamides is 1. The van der Waals surface area contributed by atoms with Gasteiger partial charge in [0.25, 0.3) is 10.0 Å². The molecule has 0 saturated carbocycles. The topological polar surface area (TPSA) is 140 Å². The number of Topliss-reactive ketones (excluding diaryl/α,β-unsaturated/α-hetero) is 1. The molecule has 1 aromatic carbocycles. The van der Waals surface area contributed by atoms with Crippen molar-refractivity contribution < 1.29 is 22.7 Å². The average molecular weight is 495 g/mol. The van der Waals surface area contributed by atoms with Gasteiger partial charge in [0.15, 0.2) is 5.78 Å². The van der Waals surface area contributed by atoms with E-state index in [2.05, 4.69) is 21.6 Å². The highest BCUT2D eigenvalue weighted by Crippen LogP contribution is 2.12. The van der Waals surface area contributed by atoms with E-state index in [4.69, 9.17) is 10.5 Å². The van der Waals surface area contributed by atoms with Crippen LogP contribution in [0.15, 0.2) is 46.8 Å². The molecule has 1 aromatic rings. The van der Waals surface area contributed by atoms with E-state index < -0.39 is 27.8 Å². The molecule has 0 aliphatic carbocycles. The van der Waals surface area contributed by atoms with Crippen molar-refractivity contribution in [1.29, 1.82) is 0 Å². The summed E-state index contributed by atoms with van der Waals surface area (Å²) < 4.78 is 32.3. The van der Waals surface area contributed by atoms with Gasteiger partial charge in [0.1, 0.15) is 5.60 Å². The average Bonchev–Trinajstić information content (AvgIpc) is 2.72. The molecule has 0 heterocycles. The summed E-state index contributed by atoms with van der Waals surface area (Å²) >= 11 is 0. The number of hydrogen-bond donors (Lipinski definition) is 3. The first kappa shape index (κ1) is 29.2. The molecule has 34 heavy (non-hydrogen) atoms. The number of aliphatic imine (C=N–C) groups is 1. The second kappa shape index (κ2) is 13.7. The molecule has 0 aromatic heterocycles. The zero-order valence-corrected chi connectivity index (χ0v) is 21.4. The van der Waals surface area contributed by atoms with Gasteiger partial charge in [0.05, 0.1) is 10.9 Å². The normalized spacial score (nSPS) is 13.1. The molecule has 4 N–H and O–H groups in total. The van der Waals surface area contributed by atoms with Crippen molar-refractivity contribution >= 4 is 27.9 Å². The highest BCUT2D eigenvalue weighted by atomic mass is 32.2. The number of guanidine groups is 1. The molecule has 10 heteroatoms. The Kier molecular flexibility index (Phi) is 11.8. The summed E-state index contributed by atoms with van der Waals surface area (Å²) in [5.41, 5.74) is 5.99. The van der Waals surface area contributed by atoms with Crippen LogP contribution in [0.25, 0.3) is 0 Å². The third kappa shape index (κ3) is 11.8. The quantitative estimate of drug-likeness (QED) is 0.166. The molecule has 1 unspecified atom stereocenters. The number of hydrogen-bond acceptors (Lipinski definition) is 6. The zero-order valence-electron chi connectivity index (χ0n) is 20.6. The number of nitrogens with two attached hydrogens (primary N) is 1. The van der Waals surface area contributed by atoms with Gasteiger partial charge in [-0.15, -0.1) is 6.58 Å². The molecule has 0 aliphatic heterocycles. The van der Waals surface area contributed by atoms with Crippen molar-refractivity contribution in [3.05, 3.63) is 42.5 Å². The first-order valence-electron chi connectivity index (χ1n) is 11.4. The fourth-order valence-electron chi connectivity index (χ4n) is 2.97. The number of unbranched alkanes of at least 4 members (excludes halogenated alkanes) is 2. The number of rotatable bonds is 13. The van der Waals surface area contributed by atoms with Crippen LogP contribution in [-0.2, 0) is 19.6 Å². The van der Waals surface area contributed by atoms with Crippen LogP contribution in [0.1, 0.15) is 64.9 Å². The fourth-order valence-corrected chi connectivity index (χ4v) is 3.92. The van der Waals surface area contributed by atoms with Crippen LogP contribution in [0.2, 0.25) is 0 Å². The molecule has 190 valence electrons. The van der Waals surface area contributed by atoms with Crippen molar-refractivity contribution in [2.45, 2.75) is 82.8 Å². The second-order valence-corrected chi connectivity index (χ2v) is 10.7. The number of allylic oxidation sites excluding steroid dienone is 1. The van der Waals surface area contributed by atoms with Gasteiger partial charge in [0, 0.05) is 13.0 Å². The van der Waals surface area contributed by atoms with Crippen molar-refractivity contribution in [2.24, 2.45) is 10.7 Å². The number of ketones is 1. The summed E-state index contributed by atoms with van der Waals surface area (Å²) in [5.74, 6) is -0.333. The Morgan fingerprint density at radius 2 is 1.82 bits per heavy atom. The molecule has 1 amide bonds. The summed E-state index contributed by atoms with van der Waals surface area (Å²) in [6, 6.07) is 5.62. The molecule has 0 saturated heterocycles. The van der Waals surface area contributed by atoms with Crippen molar-refractivity contribution in [3.8, 4) is 0 Å². The first-order chi connectivity index (χ1) is 15.8. The van der Waals surface area contributed by atoms with Crippen LogP contribution < -0.4 is 15.8 Å². The van der Waals surface area contributed by atoms with Gasteiger partial charge in [-0.25, -0.2) is 17.9 Å². The van der Waals surface area contributed by atoms with Crippen LogP contribution in [-0.4, -0.2) is 44.4 Å². The zero-order chi connectivity index (χ0) is 25.8. The Bertz CT molecular complexity index is 951. The Morgan fingerprint density at radius 3 is 2.41 bits per heavy atom. The fraction of sp³-hybridized carbons (Fsp3) is 0.542. The van der Waals surface area contributed by atoms with E-state index in [0.29, 0.717) is 25.7 Å². The Morgan fingerprint density at radius 1 is 1.18 bits per heavy atom. The lowest BCUT2D eigenvalue weighted by Crippen LogP contribution is -2.43. The second-order valence-electron chi connectivity index (χ2n) is 9.03. The Labute approximate surface area is 203 Å². The molecule has 9 nitrogen and oxygen atoms in total. The number of ether oxygens (including phenoxy) is 1. The van der Waals surface area contributed by atoms with Crippen molar-refractivity contribution in [3.63, 3.8) is 0 Å². The number of amides is 1. The number of carbonyl (C=O) groups is 2. The summed E-state index contributed by atoms with van der Waals surface area (Å²) in [7, 11) is -3.83. The summed E-state index contributed by atoms with van der Waals surface area (Å²) in [6.07, 6.45) is 4.56. The van der Waals surface area contributed by atoms with Crippen molar-refractivity contribution in [2.75, 3.05) is 6.54 Å². The molecule has 0 aliphatic rings. The standard InChI is InChI=1S/C24H38N4O5S/c1-6-7-8-9-12-21(29)20(27-23(30)33-24(3,4)5)11-10-17-26-22(25)28-34(31,32)19-15-13-18(2)14-16-19/h6,13-16,20H,1,7-12,17H2,2-5H3,(H,27,30)(H3,25,26,28). The van der Waals surface area contributed by atoms with Crippen LogP contribution in [0.4, 0.5) is 4.79 Å². The van der Waals surface area contributed by atoms with E-state index in [0.717, 1.165) is 18.4 Å². The summed E-state index contributed by atoms with van der Waals surface area (Å²) in [5, 5.41) is 2.64. The van der Waals surface area contributed by atoms with Crippen LogP contribution in [0.5, 0.6) is 0 Å².